The molecule has 0 radical (unpaired) electrons. The Balaban J connectivity index is 1.76. The molecule has 1 fully saturated rings. The van der Waals surface area contributed by atoms with E-state index in [1.54, 1.807) is 0 Å². The first kappa shape index (κ1) is 14.7. The monoisotopic (exact) mass is 275 g/mol. The van der Waals surface area contributed by atoms with Crippen molar-refractivity contribution in [2.24, 2.45) is 16.6 Å². The van der Waals surface area contributed by atoms with Crippen LogP contribution in [-0.2, 0) is 6.54 Å². The first-order valence-corrected chi connectivity index (χ1v) is 7.43. The van der Waals surface area contributed by atoms with Gasteiger partial charge in [0, 0.05) is 6.54 Å². The lowest BCUT2D eigenvalue weighted by Crippen LogP contribution is -2.37. The zero-order valence-electron chi connectivity index (χ0n) is 12.4. The van der Waals surface area contributed by atoms with Crippen molar-refractivity contribution in [1.82, 2.24) is 5.32 Å². The summed E-state index contributed by atoms with van der Waals surface area (Å²) in [6.45, 7) is 5.60. The number of guanidine groups is 1. The second kappa shape index (κ2) is 7.17. The number of benzene rings is 1. The highest BCUT2D eigenvalue weighted by molar-refractivity contribution is 5.77. The lowest BCUT2D eigenvalue weighted by atomic mass is 9.85. The number of hydrogen-bond acceptors (Lipinski definition) is 2. The topological polar surface area (TPSA) is 59.6 Å². The number of ether oxygens (including phenoxy) is 1. The molecule has 0 atom stereocenters. The van der Waals surface area contributed by atoms with Crippen molar-refractivity contribution in [2.75, 3.05) is 6.54 Å². The van der Waals surface area contributed by atoms with E-state index in [1.807, 2.05) is 38.1 Å². The third-order valence-corrected chi connectivity index (χ3v) is 3.52. The van der Waals surface area contributed by atoms with E-state index in [9.17, 15) is 0 Å². The van der Waals surface area contributed by atoms with E-state index < -0.39 is 0 Å². The lowest BCUT2D eigenvalue weighted by Gasteiger charge is -2.25. The van der Waals surface area contributed by atoms with Gasteiger partial charge in [0.2, 0.25) is 0 Å². The molecule has 4 heteroatoms. The molecular weight excluding hydrogens is 250 g/mol. The zero-order valence-corrected chi connectivity index (χ0v) is 12.4. The molecule has 0 heterocycles. The van der Waals surface area contributed by atoms with Gasteiger partial charge in [-0.05, 0) is 50.3 Å². The molecule has 1 saturated carbocycles. The molecule has 1 aliphatic rings. The Bertz CT molecular complexity index is 436. The molecule has 0 amide bonds. The molecule has 110 valence electrons. The maximum atomic E-state index is 5.86. The maximum absolute atomic E-state index is 5.86. The average molecular weight is 275 g/mol. The highest BCUT2D eigenvalue weighted by Gasteiger charge is 2.16. The molecule has 0 aromatic heterocycles. The van der Waals surface area contributed by atoms with Gasteiger partial charge in [-0.3, -0.25) is 0 Å². The standard InChI is InChI=1S/C16H25N3O/c1-12(2)20-15-8-6-14(7-9-15)11-19-16(17)18-10-13-4-3-5-13/h6-9,12-13H,3-5,10-11H2,1-2H3,(H3,17,18,19). The molecule has 1 aromatic rings. The minimum Gasteiger partial charge on any atom is -0.491 e. The third kappa shape index (κ3) is 4.76. The van der Waals surface area contributed by atoms with Crippen LogP contribution in [0.4, 0.5) is 0 Å². The molecule has 0 spiro atoms. The molecule has 4 nitrogen and oxygen atoms in total. The van der Waals surface area contributed by atoms with Crippen molar-refractivity contribution in [3.8, 4) is 5.75 Å². The number of hydrogen-bond donors (Lipinski definition) is 2. The van der Waals surface area contributed by atoms with E-state index in [1.165, 1.54) is 19.3 Å². The van der Waals surface area contributed by atoms with Gasteiger partial charge < -0.3 is 15.8 Å². The van der Waals surface area contributed by atoms with Gasteiger partial charge in [0.25, 0.3) is 0 Å². The van der Waals surface area contributed by atoms with Crippen LogP contribution in [0.2, 0.25) is 0 Å². The fraction of sp³-hybridized carbons (Fsp3) is 0.562. The van der Waals surface area contributed by atoms with Crippen LogP contribution in [-0.4, -0.2) is 18.6 Å². The third-order valence-electron chi connectivity index (χ3n) is 3.52. The first-order valence-electron chi connectivity index (χ1n) is 7.43. The highest BCUT2D eigenvalue weighted by atomic mass is 16.5. The van der Waals surface area contributed by atoms with E-state index in [0.717, 1.165) is 23.8 Å². The molecule has 3 N–H and O–H groups in total. The normalized spacial score (nSPS) is 16.1. The van der Waals surface area contributed by atoms with E-state index in [4.69, 9.17) is 10.5 Å². The molecule has 20 heavy (non-hydrogen) atoms. The van der Waals surface area contributed by atoms with Crippen molar-refractivity contribution in [2.45, 2.75) is 45.8 Å². The van der Waals surface area contributed by atoms with Crippen molar-refractivity contribution < 1.29 is 4.74 Å². The van der Waals surface area contributed by atoms with E-state index in [2.05, 4.69) is 10.3 Å². The van der Waals surface area contributed by atoms with Gasteiger partial charge in [-0.15, -0.1) is 0 Å². The molecule has 2 rings (SSSR count). The van der Waals surface area contributed by atoms with Crippen LogP contribution in [0.1, 0.15) is 38.7 Å². The number of nitrogens with two attached hydrogens (primary N) is 1. The average Bonchev–Trinajstić information content (AvgIpc) is 2.35. The molecule has 0 saturated heterocycles. The maximum Gasteiger partial charge on any atom is 0.188 e. The van der Waals surface area contributed by atoms with Gasteiger partial charge >= 0.3 is 0 Å². The van der Waals surface area contributed by atoms with Crippen molar-refractivity contribution in [3.63, 3.8) is 0 Å². The first-order chi connectivity index (χ1) is 9.63. The van der Waals surface area contributed by atoms with Gasteiger partial charge in [-0.1, -0.05) is 18.6 Å². The molecular formula is C16H25N3O. The van der Waals surface area contributed by atoms with Gasteiger partial charge in [0.1, 0.15) is 5.75 Å². The minimum atomic E-state index is 0.199. The van der Waals surface area contributed by atoms with E-state index in [0.29, 0.717) is 12.5 Å². The summed E-state index contributed by atoms with van der Waals surface area (Å²) in [7, 11) is 0. The second-order valence-electron chi connectivity index (χ2n) is 5.69. The van der Waals surface area contributed by atoms with Crippen molar-refractivity contribution in [1.29, 1.82) is 0 Å². The van der Waals surface area contributed by atoms with Gasteiger partial charge in [0.05, 0.1) is 12.6 Å². The molecule has 0 bridgehead atoms. The molecule has 0 aliphatic heterocycles. The van der Waals surface area contributed by atoms with Crippen LogP contribution in [0.25, 0.3) is 0 Å². The Morgan fingerprint density at radius 2 is 2.05 bits per heavy atom. The number of nitrogens with one attached hydrogen (secondary N) is 1. The molecule has 1 aromatic carbocycles. The SMILES string of the molecule is CC(C)Oc1ccc(CN=C(N)NCC2CCC2)cc1. The lowest BCUT2D eigenvalue weighted by molar-refractivity contribution is 0.242. The van der Waals surface area contributed by atoms with Crippen LogP contribution in [0, 0.1) is 5.92 Å². The fourth-order valence-corrected chi connectivity index (χ4v) is 2.12. The van der Waals surface area contributed by atoms with Gasteiger partial charge in [-0.2, -0.15) is 0 Å². The van der Waals surface area contributed by atoms with Crippen LogP contribution in [0.15, 0.2) is 29.3 Å². The summed E-state index contributed by atoms with van der Waals surface area (Å²) < 4.78 is 5.61. The fourth-order valence-electron chi connectivity index (χ4n) is 2.12. The van der Waals surface area contributed by atoms with E-state index in [-0.39, 0.29) is 6.10 Å². The molecule has 1 aliphatic carbocycles. The molecule has 0 unspecified atom stereocenters. The minimum absolute atomic E-state index is 0.199. The highest BCUT2D eigenvalue weighted by Crippen LogP contribution is 2.25. The summed E-state index contributed by atoms with van der Waals surface area (Å²) in [5, 5.41) is 3.20. The van der Waals surface area contributed by atoms with Gasteiger partial charge in [-0.25, -0.2) is 4.99 Å². The Hall–Kier alpha value is -1.71. The van der Waals surface area contributed by atoms with Crippen LogP contribution < -0.4 is 15.8 Å². The predicted molar refractivity (Wildman–Crippen MR) is 82.9 cm³/mol. The van der Waals surface area contributed by atoms with Crippen LogP contribution in [0.5, 0.6) is 5.75 Å². The Morgan fingerprint density at radius 1 is 1.35 bits per heavy atom. The van der Waals surface area contributed by atoms with E-state index >= 15 is 0 Å². The summed E-state index contributed by atoms with van der Waals surface area (Å²) in [5.41, 5.74) is 6.99. The van der Waals surface area contributed by atoms with Crippen molar-refractivity contribution in [3.05, 3.63) is 29.8 Å². The second-order valence-corrected chi connectivity index (χ2v) is 5.69. The summed E-state index contributed by atoms with van der Waals surface area (Å²) in [6.07, 6.45) is 4.19. The number of nitrogens with zero attached hydrogens (tertiary/aromatic N) is 1. The smallest absolute Gasteiger partial charge is 0.188 e. The zero-order chi connectivity index (χ0) is 14.4. The summed E-state index contributed by atoms with van der Waals surface area (Å²) in [4.78, 5) is 4.36. The quantitative estimate of drug-likeness (QED) is 0.620. The van der Waals surface area contributed by atoms with Crippen molar-refractivity contribution >= 4 is 5.96 Å². The van der Waals surface area contributed by atoms with Crippen LogP contribution in [0.3, 0.4) is 0 Å². The van der Waals surface area contributed by atoms with Gasteiger partial charge in [0.15, 0.2) is 5.96 Å². The summed E-state index contributed by atoms with van der Waals surface area (Å²) >= 11 is 0. The van der Waals surface area contributed by atoms with Crippen LogP contribution >= 0.6 is 0 Å². The number of rotatable bonds is 6. The largest absolute Gasteiger partial charge is 0.491 e. The Labute approximate surface area is 121 Å². The summed E-state index contributed by atoms with van der Waals surface area (Å²) in [5.74, 6) is 2.22. The predicted octanol–water partition coefficient (Wildman–Crippen LogP) is 2.68. The Kier molecular flexibility index (Phi) is 5.27. The number of aliphatic imine (C=N–C) groups is 1. The summed E-state index contributed by atoms with van der Waals surface area (Å²) in [6, 6.07) is 8.01. The Morgan fingerprint density at radius 3 is 2.60 bits per heavy atom.